The van der Waals surface area contributed by atoms with Crippen LogP contribution in [-0.2, 0) is 0 Å². The Labute approximate surface area is 42.8 Å². The molecule has 0 saturated carbocycles. The highest BCUT2D eigenvalue weighted by atomic mass is 35.5. The highest BCUT2D eigenvalue weighted by molar-refractivity contribution is 6.18. The van der Waals surface area contributed by atoms with Gasteiger partial charge in [0.15, 0.2) is 0 Å². The molecule has 6 heavy (non-hydrogen) atoms. The molecule has 0 aromatic heterocycles. The minimum absolute atomic E-state index is 0.604. The average molecular weight is 109 g/mol. The second-order valence-electron chi connectivity index (χ2n) is 1.17. The number of hydrazine groups is 1. The fourth-order valence-electron chi connectivity index (χ4n) is 0.133. The number of rotatable bonds is 2. The van der Waals surface area contributed by atoms with Crippen LogP contribution in [0.5, 0.6) is 0 Å². The molecule has 0 atom stereocenters. The molecule has 0 rings (SSSR count). The maximum atomic E-state index is 5.27. The van der Waals surface area contributed by atoms with Gasteiger partial charge in [0.1, 0.15) is 0 Å². The maximum Gasteiger partial charge on any atom is 0.0365 e. The Kier molecular flexibility index (Phi) is 3.52. The van der Waals surface area contributed by atoms with Crippen molar-refractivity contribution in [1.82, 2.24) is 5.01 Å². The molecule has 0 heterocycles. The Balaban J connectivity index is 2.63. The quantitative estimate of drug-likeness (QED) is 0.307. The largest absolute Gasteiger partial charge is 0.269 e. The molecule has 38 valence electrons. The van der Waals surface area contributed by atoms with E-state index in [9.17, 15) is 0 Å². The van der Waals surface area contributed by atoms with E-state index in [2.05, 4.69) is 0 Å². The normalized spacial score (nSPS) is 10.0. The summed E-state index contributed by atoms with van der Waals surface area (Å²) in [7, 11) is 1.78. The Morgan fingerprint density at radius 1 is 1.83 bits per heavy atom. The van der Waals surface area contributed by atoms with Crippen molar-refractivity contribution in [2.24, 2.45) is 5.84 Å². The van der Waals surface area contributed by atoms with Gasteiger partial charge in [-0.15, -0.1) is 11.6 Å². The van der Waals surface area contributed by atoms with E-state index in [1.54, 1.807) is 12.1 Å². The Bertz CT molecular complexity index is 30.0. The van der Waals surface area contributed by atoms with Gasteiger partial charge in [0, 0.05) is 19.5 Å². The Morgan fingerprint density at radius 2 is 2.33 bits per heavy atom. The average Bonchev–Trinajstić information content (AvgIpc) is 1.35. The van der Waals surface area contributed by atoms with E-state index in [-0.39, 0.29) is 0 Å². The van der Waals surface area contributed by atoms with E-state index < -0.39 is 0 Å². The van der Waals surface area contributed by atoms with Crippen molar-refractivity contribution < 1.29 is 0 Å². The van der Waals surface area contributed by atoms with Crippen LogP contribution in [0.25, 0.3) is 0 Å². The van der Waals surface area contributed by atoms with Gasteiger partial charge in [-0.05, 0) is 0 Å². The van der Waals surface area contributed by atoms with E-state index in [0.29, 0.717) is 5.88 Å². The van der Waals surface area contributed by atoms with Gasteiger partial charge in [-0.25, -0.2) is 5.01 Å². The topological polar surface area (TPSA) is 29.3 Å². The van der Waals surface area contributed by atoms with Gasteiger partial charge >= 0.3 is 0 Å². The number of halogens is 1. The van der Waals surface area contributed by atoms with Crippen LogP contribution in [0.4, 0.5) is 0 Å². The van der Waals surface area contributed by atoms with Crippen molar-refractivity contribution in [2.45, 2.75) is 0 Å². The molecular weight excluding hydrogens is 99.5 g/mol. The van der Waals surface area contributed by atoms with E-state index in [1.807, 2.05) is 0 Å². The van der Waals surface area contributed by atoms with Crippen molar-refractivity contribution in [3.63, 3.8) is 0 Å². The molecule has 0 unspecified atom stereocenters. The van der Waals surface area contributed by atoms with Gasteiger partial charge in [-0.1, -0.05) is 0 Å². The zero-order chi connectivity index (χ0) is 4.99. The Hall–Kier alpha value is 0.210. The van der Waals surface area contributed by atoms with Crippen molar-refractivity contribution in [3.05, 3.63) is 0 Å². The predicted molar refractivity (Wildman–Crippen MR) is 27.5 cm³/mol. The summed E-state index contributed by atoms with van der Waals surface area (Å²) in [4.78, 5) is 0. The standard InChI is InChI=1S/C3H9ClN2/c1-6(5)3-2-4/h2-3,5H2,1H3. The highest BCUT2D eigenvalue weighted by Crippen LogP contribution is 1.72. The van der Waals surface area contributed by atoms with Crippen molar-refractivity contribution in [2.75, 3.05) is 19.5 Å². The number of nitrogens with zero attached hydrogens (tertiary/aromatic N) is 1. The summed E-state index contributed by atoms with van der Waals surface area (Å²) in [6.45, 7) is 0.752. The van der Waals surface area contributed by atoms with Gasteiger partial charge in [-0.2, -0.15) is 0 Å². The summed E-state index contributed by atoms with van der Waals surface area (Å²) in [6, 6.07) is 0. The van der Waals surface area contributed by atoms with Gasteiger partial charge < -0.3 is 0 Å². The molecule has 0 bridgehead atoms. The first-order valence-corrected chi connectivity index (χ1v) is 2.32. The van der Waals surface area contributed by atoms with Crippen molar-refractivity contribution >= 4 is 11.6 Å². The van der Waals surface area contributed by atoms with Gasteiger partial charge in [0.2, 0.25) is 0 Å². The SMILES string of the molecule is CN(N)CCCl. The third-order valence-corrected chi connectivity index (χ3v) is 0.606. The summed E-state index contributed by atoms with van der Waals surface area (Å²) in [5, 5.41) is 1.55. The lowest BCUT2D eigenvalue weighted by Crippen LogP contribution is -2.27. The highest BCUT2D eigenvalue weighted by Gasteiger charge is 1.81. The predicted octanol–water partition coefficient (Wildman–Crippen LogP) is 0.0307. The summed E-state index contributed by atoms with van der Waals surface area (Å²) < 4.78 is 0. The van der Waals surface area contributed by atoms with Crippen LogP contribution in [0.2, 0.25) is 0 Å². The number of nitrogens with two attached hydrogens (primary N) is 1. The van der Waals surface area contributed by atoms with Crippen LogP contribution in [0, 0.1) is 0 Å². The fourth-order valence-corrected chi connectivity index (χ4v) is 0.400. The molecule has 0 saturated heterocycles. The summed E-state index contributed by atoms with van der Waals surface area (Å²) >= 11 is 5.27. The van der Waals surface area contributed by atoms with Crippen LogP contribution in [0.15, 0.2) is 0 Å². The summed E-state index contributed by atoms with van der Waals surface area (Å²) in [5.74, 6) is 5.76. The molecule has 0 radical (unpaired) electrons. The smallest absolute Gasteiger partial charge is 0.0365 e. The summed E-state index contributed by atoms with van der Waals surface area (Å²) in [5.41, 5.74) is 0. The molecule has 0 aliphatic heterocycles. The lowest BCUT2D eigenvalue weighted by Gasteiger charge is -2.02. The minimum Gasteiger partial charge on any atom is -0.269 e. The molecule has 0 aromatic carbocycles. The lowest BCUT2D eigenvalue weighted by atomic mass is 10.7. The maximum absolute atomic E-state index is 5.27. The van der Waals surface area contributed by atoms with Crippen molar-refractivity contribution in [1.29, 1.82) is 0 Å². The molecule has 3 heteroatoms. The molecule has 0 aromatic rings. The van der Waals surface area contributed by atoms with E-state index in [1.165, 1.54) is 0 Å². The van der Waals surface area contributed by atoms with Crippen LogP contribution < -0.4 is 5.84 Å². The van der Waals surface area contributed by atoms with Crippen LogP contribution >= 0.6 is 11.6 Å². The van der Waals surface area contributed by atoms with Gasteiger partial charge in [0.25, 0.3) is 0 Å². The third kappa shape index (κ3) is 4.21. The minimum atomic E-state index is 0.604. The molecular formula is C3H9ClN2. The second-order valence-corrected chi connectivity index (χ2v) is 1.55. The first kappa shape index (κ1) is 6.21. The lowest BCUT2D eigenvalue weighted by molar-refractivity contribution is 0.372. The zero-order valence-corrected chi connectivity index (χ0v) is 4.57. The fraction of sp³-hybridized carbons (Fsp3) is 1.00. The monoisotopic (exact) mass is 108 g/mol. The van der Waals surface area contributed by atoms with E-state index in [4.69, 9.17) is 17.4 Å². The zero-order valence-electron chi connectivity index (χ0n) is 3.82. The Morgan fingerprint density at radius 3 is 2.33 bits per heavy atom. The van der Waals surface area contributed by atoms with E-state index in [0.717, 1.165) is 6.54 Å². The first-order valence-electron chi connectivity index (χ1n) is 1.79. The first-order chi connectivity index (χ1) is 2.77. The van der Waals surface area contributed by atoms with Gasteiger partial charge in [-0.3, -0.25) is 5.84 Å². The van der Waals surface area contributed by atoms with Crippen LogP contribution in [0.1, 0.15) is 0 Å². The molecule has 0 fully saturated rings. The van der Waals surface area contributed by atoms with E-state index >= 15 is 0 Å². The van der Waals surface area contributed by atoms with Crippen molar-refractivity contribution in [3.8, 4) is 0 Å². The summed E-state index contributed by atoms with van der Waals surface area (Å²) in [6.07, 6.45) is 0. The molecule has 2 N–H and O–H groups in total. The van der Waals surface area contributed by atoms with Gasteiger partial charge in [0.05, 0.1) is 0 Å². The molecule has 0 spiro atoms. The third-order valence-electron chi connectivity index (χ3n) is 0.437. The molecule has 2 nitrogen and oxygen atoms in total. The number of alkyl halides is 1. The number of hydrogen-bond acceptors (Lipinski definition) is 2. The molecule has 0 amide bonds. The molecule has 0 aliphatic rings. The van der Waals surface area contributed by atoms with Crippen LogP contribution in [0.3, 0.4) is 0 Å². The number of hydrogen-bond donors (Lipinski definition) is 1. The van der Waals surface area contributed by atoms with Crippen LogP contribution in [-0.4, -0.2) is 24.5 Å². The second kappa shape index (κ2) is 3.40. The molecule has 0 aliphatic carbocycles.